The number of ether oxygens (including phenoxy) is 2. The molecule has 0 fully saturated rings. The van der Waals surface area contributed by atoms with Gasteiger partial charge in [0.05, 0.1) is 6.10 Å². The smallest absolute Gasteiger partial charge is 0.231 e. The molecule has 1 heterocycles. The van der Waals surface area contributed by atoms with Crippen LogP contribution in [0.5, 0.6) is 11.5 Å². The zero-order valence-corrected chi connectivity index (χ0v) is 13.3. The molecule has 2 rings (SSSR count). The summed E-state index contributed by atoms with van der Waals surface area (Å²) in [6.07, 6.45) is -0.547. The molecule has 0 aliphatic carbocycles. The van der Waals surface area contributed by atoms with Crippen molar-refractivity contribution in [2.75, 3.05) is 40.5 Å². The van der Waals surface area contributed by atoms with Crippen molar-refractivity contribution in [3.05, 3.63) is 23.8 Å². The molecule has 118 valence electrons. The lowest BCUT2D eigenvalue weighted by Gasteiger charge is -2.29. The molecule has 1 aromatic rings. The molecular formula is C16H26N2O3. The summed E-state index contributed by atoms with van der Waals surface area (Å²) in [5.74, 6) is 1.45. The Morgan fingerprint density at radius 2 is 2.00 bits per heavy atom. The Balaban J connectivity index is 1.83. The largest absolute Gasteiger partial charge is 0.454 e. The number of aliphatic hydroxyl groups excluding tert-OH is 1. The molecule has 1 aliphatic heterocycles. The molecular weight excluding hydrogens is 268 g/mol. The van der Waals surface area contributed by atoms with Gasteiger partial charge >= 0.3 is 0 Å². The molecule has 2 N–H and O–H groups in total. The van der Waals surface area contributed by atoms with E-state index in [4.69, 9.17) is 9.47 Å². The maximum Gasteiger partial charge on any atom is 0.231 e. The Bertz CT molecular complexity index is 475. The van der Waals surface area contributed by atoms with Gasteiger partial charge in [0.25, 0.3) is 0 Å². The quantitative estimate of drug-likeness (QED) is 0.800. The molecule has 0 aromatic heterocycles. The number of nitrogens with zero attached hydrogens (tertiary/aromatic N) is 1. The van der Waals surface area contributed by atoms with Crippen LogP contribution < -0.4 is 14.8 Å². The minimum Gasteiger partial charge on any atom is -0.454 e. The van der Waals surface area contributed by atoms with E-state index < -0.39 is 6.10 Å². The minimum atomic E-state index is -0.547. The van der Waals surface area contributed by atoms with Crippen molar-refractivity contribution < 1.29 is 14.6 Å². The van der Waals surface area contributed by atoms with E-state index in [0.717, 1.165) is 24.4 Å². The molecule has 5 nitrogen and oxygen atoms in total. The number of hydrogen-bond donors (Lipinski definition) is 2. The molecule has 1 unspecified atom stereocenters. The second kappa shape index (κ2) is 6.64. The Kier molecular flexibility index (Phi) is 5.08. The van der Waals surface area contributed by atoms with Crippen LogP contribution in [-0.2, 0) is 0 Å². The lowest BCUT2D eigenvalue weighted by Crippen LogP contribution is -2.38. The van der Waals surface area contributed by atoms with Gasteiger partial charge in [-0.25, -0.2) is 0 Å². The van der Waals surface area contributed by atoms with Gasteiger partial charge in [0, 0.05) is 19.6 Å². The summed E-state index contributed by atoms with van der Waals surface area (Å²) in [7, 11) is 4.15. The van der Waals surface area contributed by atoms with Gasteiger partial charge in [-0.1, -0.05) is 19.9 Å². The summed E-state index contributed by atoms with van der Waals surface area (Å²) in [5.41, 5.74) is 1.01. The Morgan fingerprint density at radius 3 is 2.71 bits per heavy atom. The standard InChI is InChI=1S/C16H26N2O3/c1-16(2,10-18(3)4)9-17-8-13(19)12-5-6-14-15(7-12)21-11-20-14/h5-7,13,17,19H,8-11H2,1-4H3. The van der Waals surface area contributed by atoms with Crippen LogP contribution in [0.2, 0.25) is 0 Å². The molecule has 1 aliphatic rings. The number of hydrogen-bond acceptors (Lipinski definition) is 5. The van der Waals surface area contributed by atoms with Gasteiger partial charge in [0.1, 0.15) is 0 Å². The van der Waals surface area contributed by atoms with E-state index in [9.17, 15) is 5.11 Å². The maximum atomic E-state index is 10.3. The lowest BCUT2D eigenvalue weighted by atomic mass is 9.93. The summed E-state index contributed by atoms with van der Waals surface area (Å²) in [6, 6.07) is 5.57. The van der Waals surface area contributed by atoms with Crippen LogP contribution in [0.15, 0.2) is 18.2 Å². The van der Waals surface area contributed by atoms with Gasteiger partial charge in [-0.05, 0) is 37.2 Å². The van der Waals surface area contributed by atoms with E-state index in [1.54, 1.807) is 0 Å². The Labute approximate surface area is 126 Å². The van der Waals surface area contributed by atoms with Crippen LogP contribution in [0.3, 0.4) is 0 Å². The molecule has 0 saturated heterocycles. The van der Waals surface area contributed by atoms with Crippen LogP contribution >= 0.6 is 0 Å². The zero-order chi connectivity index (χ0) is 15.5. The van der Waals surface area contributed by atoms with E-state index in [2.05, 4.69) is 38.2 Å². The van der Waals surface area contributed by atoms with Crippen molar-refractivity contribution in [2.24, 2.45) is 5.41 Å². The molecule has 0 saturated carbocycles. The topological polar surface area (TPSA) is 54.0 Å². The summed E-state index contributed by atoms with van der Waals surface area (Å²) in [4.78, 5) is 2.18. The first-order chi connectivity index (χ1) is 9.87. The van der Waals surface area contributed by atoms with Crippen LogP contribution in [0, 0.1) is 5.41 Å². The van der Waals surface area contributed by atoms with Crippen LogP contribution in [0.1, 0.15) is 25.5 Å². The average molecular weight is 294 g/mol. The third-order valence-corrected chi connectivity index (χ3v) is 3.47. The van der Waals surface area contributed by atoms with E-state index in [-0.39, 0.29) is 12.2 Å². The van der Waals surface area contributed by atoms with Gasteiger partial charge < -0.3 is 24.8 Å². The highest BCUT2D eigenvalue weighted by Crippen LogP contribution is 2.34. The van der Waals surface area contributed by atoms with Crippen LogP contribution in [-0.4, -0.2) is 50.5 Å². The highest BCUT2D eigenvalue weighted by molar-refractivity contribution is 5.45. The van der Waals surface area contributed by atoms with Gasteiger partial charge in [0.2, 0.25) is 6.79 Å². The van der Waals surface area contributed by atoms with Crippen molar-refractivity contribution in [3.8, 4) is 11.5 Å². The molecule has 0 amide bonds. The van der Waals surface area contributed by atoms with Crippen molar-refractivity contribution >= 4 is 0 Å². The average Bonchev–Trinajstić information content (AvgIpc) is 2.83. The van der Waals surface area contributed by atoms with Crippen LogP contribution in [0.25, 0.3) is 0 Å². The molecule has 1 atom stereocenters. The number of aliphatic hydroxyl groups is 1. The minimum absolute atomic E-state index is 0.165. The predicted molar refractivity (Wildman–Crippen MR) is 82.7 cm³/mol. The summed E-state index contributed by atoms with van der Waals surface area (Å²) >= 11 is 0. The fourth-order valence-electron chi connectivity index (χ4n) is 2.70. The molecule has 0 radical (unpaired) electrons. The van der Waals surface area contributed by atoms with Crippen molar-refractivity contribution in [1.29, 1.82) is 0 Å². The number of benzene rings is 1. The lowest BCUT2D eigenvalue weighted by molar-refractivity contribution is 0.161. The van der Waals surface area contributed by atoms with E-state index >= 15 is 0 Å². The van der Waals surface area contributed by atoms with Crippen molar-refractivity contribution in [3.63, 3.8) is 0 Å². The summed E-state index contributed by atoms with van der Waals surface area (Å²) in [5, 5.41) is 13.6. The highest BCUT2D eigenvalue weighted by Gasteiger charge is 2.20. The Morgan fingerprint density at radius 1 is 1.29 bits per heavy atom. The first kappa shape index (κ1) is 16.1. The first-order valence-electron chi connectivity index (χ1n) is 7.30. The van der Waals surface area contributed by atoms with Crippen molar-refractivity contribution in [1.82, 2.24) is 10.2 Å². The molecule has 0 bridgehead atoms. The summed E-state index contributed by atoms with van der Waals surface area (Å²) in [6.45, 7) is 7.06. The number of nitrogens with one attached hydrogen (secondary N) is 1. The third kappa shape index (κ3) is 4.59. The van der Waals surface area contributed by atoms with Crippen molar-refractivity contribution in [2.45, 2.75) is 20.0 Å². The first-order valence-corrected chi connectivity index (χ1v) is 7.30. The molecule has 1 aromatic carbocycles. The van der Waals surface area contributed by atoms with Gasteiger partial charge in [0.15, 0.2) is 11.5 Å². The highest BCUT2D eigenvalue weighted by atomic mass is 16.7. The second-order valence-corrected chi connectivity index (χ2v) is 6.66. The summed E-state index contributed by atoms with van der Waals surface area (Å²) < 4.78 is 10.6. The van der Waals surface area contributed by atoms with Gasteiger partial charge in [-0.2, -0.15) is 0 Å². The molecule has 5 heteroatoms. The Hall–Kier alpha value is -1.30. The normalized spacial score (nSPS) is 15.5. The van der Waals surface area contributed by atoms with E-state index in [1.807, 2.05) is 18.2 Å². The molecule has 0 spiro atoms. The second-order valence-electron chi connectivity index (χ2n) is 6.66. The van der Waals surface area contributed by atoms with E-state index in [1.165, 1.54) is 0 Å². The number of fused-ring (bicyclic) bond motifs is 1. The fraction of sp³-hybridized carbons (Fsp3) is 0.625. The fourth-order valence-corrected chi connectivity index (χ4v) is 2.70. The monoisotopic (exact) mass is 294 g/mol. The maximum absolute atomic E-state index is 10.3. The molecule has 21 heavy (non-hydrogen) atoms. The van der Waals surface area contributed by atoms with Gasteiger partial charge in [-0.3, -0.25) is 0 Å². The predicted octanol–water partition coefficient (Wildman–Crippen LogP) is 1.63. The van der Waals surface area contributed by atoms with Gasteiger partial charge in [-0.15, -0.1) is 0 Å². The number of rotatable bonds is 7. The third-order valence-electron chi connectivity index (χ3n) is 3.47. The SMILES string of the molecule is CN(C)CC(C)(C)CNCC(O)c1ccc2c(c1)OCO2. The zero-order valence-electron chi connectivity index (χ0n) is 13.3. The van der Waals surface area contributed by atoms with Crippen LogP contribution in [0.4, 0.5) is 0 Å². The van der Waals surface area contributed by atoms with E-state index in [0.29, 0.717) is 12.3 Å².